The first-order valence-corrected chi connectivity index (χ1v) is 6.48. The average molecular weight is 277 g/mol. The van der Waals surface area contributed by atoms with E-state index in [0.717, 1.165) is 0 Å². The third-order valence-corrected chi connectivity index (χ3v) is 3.33. The van der Waals surface area contributed by atoms with Crippen LogP contribution in [0.4, 0.5) is 13.2 Å². The van der Waals surface area contributed by atoms with Crippen molar-refractivity contribution in [1.29, 1.82) is 0 Å². The minimum absolute atomic E-state index is 0.0168. The van der Waals surface area contributed by atoms with Crippen molar-refractivity contribution in [2.24, 2.45) is 5.92 Å². The molecule has 108 valence electrons. The van der Waals surface area contributed by atoms with E-state index in [2.05, 4.69) is 10.1 Å². The molecule has 19 heavy (non-hydrogen) atoms. The predicted octanol–water partition coefficient (Wildman–Crippen LogP) is 2.97. The number of alkyl halides is 3. The second kappa shape index (κ2) is 5.48. The van der Waals surface area contributed by atoms with Crippen molar-refractivity contribution in [3.05, 3.63) is 11.7 Å². The summed E-state index contributed by atoms with van der Waals surface area (Å²) in [6.45, 7) is 4.84. The fourth-order valence-corrected chi connectivity index (χ4v) is 2.22. The molecule has 2 rings (SSSR count). The molecule has 2 heterocycles. The van der Waals surface area contributed by atoms with E-state index in [1.807, 2.05) is 13.8 Å². The molecule has 0 N–H and O–H groups in total. The minimum atomic E-state index is -4.11. The second-order valence-electron chi connectivity index (χ2n) is 5.32. The van der Waals surface area contributed by atoms with Crippen molar-refractivity contribution >= 4 is 0 Å². The predicted molar refractivity (Wildman–Crippen MR) is 62.4 cm³/mol. The van der Waals surface area contributed by atoms with Gasteiger partial charge in [0.05, 0.1) is 12.5 Å². The van der Waals surface area contributed by atoms with Crippen LogP contribution in [0.25, 0.3) is 0 Å². The zero-order valence-corrected chi connectivity index (χ0v) is 11.1. The SMILES string of the molecule is CC(C)c1noc(CN2CCC[C@H](C(F)(F)F)C2)n1. The molecule has 1 aromatic rings. The lowest BCUT2D eigenvalue weighted by atomic mass is 9.97. The Labute approximate surface area is 110 Å². The van der Waals surface area contributed by atoms with E-state index in [0.29, 0.717) is 31.2 Å². The lowest BCUT2D eigenvalue weighted by Gasteiger charge is -2.32. The molecule has 0 aromatic carbocycles. The van der Waals surface area contributed by atoms with Gasteiger partial charge in [-0.05, 0) is 19.4 Å². The largest absolute Gasteiger partial charge is 0.393 e. The van der Waals surface area contributed by atoms with Crippen LogP contribution in [0.5, 0.6) is 0 Å². The topological polar surface area (TPSA) is 42.2 Å². The van der Waals surface area contributed by atoms with Crippen LogP contribution in [0, 0.1) is 5.92 Å². The van der Waals surface area contributed by atoms with E-state index in [4.69, 9.17) is 4.52 Å². The Balaban J connectivity index is 1.95. The van der Waals surface area contributed by atoms with Crippen molar-refractivity contribution in [2.75, 3.05) is 13.1 Å². The van der Waals surface area contributed by atoms with Gasteiger partial charge in [0.1, 0.15) is 0 Å². The van der Waals surface area contributed by atoms with Crippen LogP contribution in [0.2, 0.25) is 0 Å². The summed E-state index contributed by atoms with van der Waals surface area (Å²) in [4.78, 5) is 5.93. The number of aromatic nitrogens is 2. The number of nitrogens with zero attached hydrogens (tertiary/aromatic N) is 3. The van der Waals surface area contributed by atoms with Gasteiger partial charge < -0.3 is 4.52 Å². The number of piperidine rings is 1. The lowest BCUT2D eigenvalue weighted by Crippen LogP contribution is -2.41. The van der Waals surface area contributed by atoms with Gasteiger partial charge in [0.15, 0.2) is 5.82 Å². The molecule has 1 atom stereocenters. The fraction of sp³-hybridized carbons (Fsp3) is 0.833. The summed E-state index contributed by atoms with van der Waals surface area (Å²) in [6.07, 6.45) is -3.35. The number of hydrogen-bond acceptors (Lipinski definition) is 4. The summed E-state index contributed by atoms with van der Waals surface area (Å²) >= 11 is 0. The van der Waals surface area contributed by atoms with Crippen LogP contribution in [-0.2, 0) is 6.54 Å². The third kappa shape index (κ3) is 3.68. The first-order valence-electron chi connectivity index (χ1n) is 6.48. The summed E-state index contributed by atoms with van der Waals surface area (Å²) in [5, 5.41) is 3.81. The van der Waals surface area contributed by atoms with Crippen LogP contribution >= 0.6 is 0 Å². The van der Waals surface area contributed by atoms with Gasteiger partial charge in [0.2, 0.25) is 5.89 Å². The molecule has 1 aliphatic heterocycles. The highest BCUT2D eigenvalue weighted by Crippen LogP contribution is 2.33. The summed E-state index contributed by atoms with van der Waals surface area (Å²) in [5.41, 5.74) is 0. The number of likely N-dealkylation sites (tertiary alicyclic amines) is 1. The van der Waals surface area contributed by atoms with Crippen molar-refractivity contribution in [3.63, 3.8) is 0 Å². The van der Waals surface area contributed by atoms with Gasteiger partial charge in [-0.1, -0.05) is 19.0 Å². The molecule has 0 amide bonds. The quantitative estimate of drug-likeness (QED) is 0.852. The van der Waals surface area contributed by atoms with Crippen molar-refractivity contribution < 1.29 is 17.7 Å². The molecule has 0 bridgehead atoms. The molecule has 4 nitrogen and oxygen atoms in total. The Kier molecular flexibility index (Phi) is 4.13. The summed E-state index contributed by atoms with van der Waals surface area (Å²) in [7, 11) is 0. The maximum atomic E-state index is 12.7. The van der Waals surface area contributed by atoms with Crippen molar-refractivity contribution in [1.82, 2.24) is 15.0 Å². The molecule has 0 radical (unpaired) electrons. The zero-order chi connectivity index (χ0) is 14.0. The number of rotatable bonds is 3. The van der Waals surface area contributed by atoms with Gasteiger partial charge in [-0.2, -0.15) is 18.2 Å². The van der Waals surface area contributed by atoms with Gasteiger partial charge in [-0.15, -0.1) is 0 Å². The molecule has 1 saturated heterocycles. The molecule has 1 fully saturated rings. The monoisotopic (exact) mass is 277 g/mol. The van der Waals surface area contributed by atoms with E-state index in [-0.39, 0.29) is 18.9 Å². The van der Waals surface area contributed by atoms with E-state index >= 15 is 0 Å². The summed E-state index contributed by atoms with van der Waals surface area (Å²) in [5.74, 6) is -0.0959. The van der Waals surface area contributed by atoms with Gasteiger partial charge in [-0.25, -0.2) is 0 Å². The van der Waals surface area contributed by atoms with E-state index in [9.17, 15) is 13.2 Å². The van der Waals surface area contributed by atoms with E-state index in [1.54, 1.807) is 4.90 Å². The second-order valence-corrected chi connectivity index (χ2v) is 5.32. The standard InChI is InChI=1S/C12H18F3N3O/c1-8(2)11-16-10(19-17-11)7-18-5-3-4-9(6-18)12(13,14)15/h8-9H,3-7H2,1-2H3/t9-/m0/s1. The first kappa shape index (κ1) is 14.3. The minimum Gasteiger partial charge on any atom is -0.338 e. The molecule has 0 spiro atoms. The Morgan fingerprint density at radius 2 is 2.16 bits per heavy atom. The average Bonchev–Trinajstić information content (AvgIpc) is 2.77. The maximum Gasteiger partial charge on any atom is 0.393 e. The van der Waals surface area contributed by atoms with Crippen LogP contribution in [-0.4, -0.2) is 34.3 Å². The van der Waals surface area contributed by atoms with E-state index < -0.39 is 12.1 Å². The van der Waals surface area contributed by atoms with Gasteiger partial charge >= 0.3 is 6.18 Å². The fourth-order valence-electron chi connectivity index (χ4n) is 2.22. The van der Waals surface area contributed by atoms with Crippen LogP contribution < -0.4 is 0 Å². The highest BCUT2D eigenvalue weighted by molar-refractivity contribution is 4.92. The van der Waals surface area contributed by atoms with Gasteiger partial charge in [0.25, 0.3) is 0 Å². The number of hydrogen-bond donors (Lipinski definition) is 0. The molecule has 0 aliphatic carbocycles. The highest BCUT2D eigenvalue weighted by Gasteiger charge is 2.41. The molecule has 1 aliphatic rings. The number of halogens is 3. The maximum absolute atomic E-state index is 12.7. The molecule has 0 saturated carbocycles. The lowest BCUT2D eigenvalue weighted by molar-refractivity contribution is -0.187. The van der Waals surface area contributed by atoms with Crippen molar-refractivity contribution in [2.45, 2.75) is 45.3 Å². The third-order valence-electron chi connectivity index (χ3n) is 3.33. The van der Waals surface area contributed by atoms with Crippen LogP contribution in [0.3, 0.4) is 0 Å². The van der Waals surface area contributed by atoms with Gasteiger partial charge in [-0.3, -0.25) is 4.90 Å². The Morgan fingerprint density at radius 3 is 2.74 bits per heavy atom. The van der Waals surface area contributed by atoms with E-state index in [1.165, 1.54) is 0 Å². The zero-order valence-electron chi connectivity index (χ0n) is 11.1. The molecular formula is C12H18F3N3O. The normalized spacial score (nSPS) is 22.1. The smallest absolute Gasteiger partial charge is 0.338 e. The molecule has 1 aromatic heterocycles. The summed E-state index contributed by atoms with van der Waals surface area (Å²) in [6, 6.07) is 0. The Morgan fingerprint density at radius 1 is 1.42 bits per heavy atom. The van der Waals surface area contributed by atoms with Gasteiger partial charge in [0, 0.05) is 12.5 Å². The van der Waals surface area contributed by atoms with Crippen LogP contribution in [0.15, 0.2) is 4.52 Å². The first-order chi connectivity index (χ1) is 8.86. The highest BCUT2D eigenvalue weighted by atomic mass is 19.4. The van der Waals surface area contributed by atoms with Crippen LogP contribution in [0.1, 0.15) is 44.3 Å². The summed E-state index contributed by atoms with van der Waals surface area (Å²) < 4.78 is 43.1. The molecule has 7 heteroatoms. The Bertz CT molecular complexity index is 417. The van der Waals surface area contributed by atoms with Crippen molar-refractivity contribution in [3.8, 4) is 0 Å². The molecular weight excluding hydrogens is 259 g/mol. The molecule has 0 unspecified atom stereocenters. The Hall–Kier alpha value is -1.11.